The SMILES string of the molecule is CCOC(=O)Cn1c(=NC(=O)CSCC(=O)Nc2cc(C)on2)sc2cc(C(=O)OCC)ccc21. The first kappa shape index (κ1) is 26.2. The number of aryl methyl sites for hydroxylation is 1. The number of amides is 2. The smallest absolute Gasteiger partial charge is 0.338 e. The number of aromatic nitrogens is 2. The molecule has 3 rings (SSSR count). The van der Waals surface area contributed by atoms with Gasteiger partial charge in [0.1, 0.15) is 12.3 Å². The van der Waals surface area contributed by atoms with Gasteiger partial charge in [-0.2, -0.15) is 4.99 Å². The molecule has 1 aromatic carbocycles. The van der Waals surface area contributed by atoms with Crippen molar-refractivity contribution in [2.75, 3.05) is 30.0 Å². The van der Waals surface area contributed by atoms with Crippen LogP contribution in [0.2, 0.25) is 0 Å². The van der Waals surface area contributed by atoms with E-state index in [1.54, 1.807) is 49.6 Å². The van der Waals surface area contributed by atoms with Crippen molar-refractivity contribution < 1.29 is 33.2 Å². The Labute approximate surface area is 208 Å². The quantitative estimate of drug-likeness (QED) is 0.399. The minimum Gasteiger partial charge on any atom is -0.465 e. The minimum atomic E-state index is -0.482. The number of carbonyl (C=O) groups is 4. The average molecular weight is 521 g/mol. The molecule has 186 valence electrons. The molecule has 0 bridgehead atoms. The Morgan fingerprint density at radius 1 is 1.14 bits per heavy atom. The summed E-state index contributed by atoms with van der Waals surface area (Å²) in [5, 5.41) is 6.25. The molecular weight excluding hydrogens is 496 g/mol. The number of ether oxygens (including phenoxy) is 2. The number of hydrogen-bond donors (Lipinski definition) is 1. The van der Waals surface area contributed by atoms with E-state index >= 15 is 0 Å². The van der Waals surface area contributed by atoms with E-state index in [-0.39, 0.29) is 42.0 Å². The Morgan fingerprint density at radius 3 is 2.60 bits per heavy atom. The molecule has 0 spiro atoms. The lowest BCUT2D eigenvalue weighted by Crippen LogP contribution is -2.23. The number of anilines is 1. The number of rotatable bonds is 10. The lowest BCUT2D eigenvalue weighted by atomic mass is 10.2. The van der Waals surface area contributed by atoms with Gasteiger partial charge in [-0.1, -0.05) is 16.5 Å². The topological polar surface area (TPSA) is 142 Å². The fourth-order valence-corrected chi connectivity index (χ4v) is 4.65. The van der Waals surface area contributed by atoms with Crippen LogP contribution in [0.5, 0.6) is 0 Å². The predicted molar refractivity (Wildman–Crippen MR) is 130 cm³/mol. The highest BCUT2D eigenvalue weighted by atomic mass is 32.2. The van der Waals surface area contributed by atoms with Crippen molar-refractivity contribution in [2.24, 2.45) is 4.99 Å². The Bertz CT molecular complexity index is 1310. The molecule has 1 N–H and O–H groups in total. The van der Waals surface area contributed by atoms with Gasteiger partial charge in [0.05, 0.1) is 40.5 Å². The van der Waals surface area contributed by atoms with Crippen LogP contribution in [0.4, 0.5) is 5.82 Å². The van der Waals surface area contributed by atoms with Crippen LogP contribution in [0.1, 0.15) is 30.0 Å². The lowest BCUT2D eigenvalue weighted by molar-refractivity contribution is -0.143. The van der Waals surface area contributed by atoms with Crippen LogP contribution < -0.4 is 10.1 Å². The Morgan fingerprint density at radius 2 is 1.91 bits per heavy atom. The van der Waals surface area contributed by atoms with E-state index in [9.17, 15) is 19.2 Å². The molecule has 3 aromatic rings. The van der Waals surface area contributed by atoms with Gasteiger partial charge >= 0.3 is 11.9 Å². The predicted octanol–water partition coefficient (Wildman–Crippen LogP) is 2.54. The van der Waals surface area contributed by atoms with E-state index in [1.165, 1.54) is 0 Å². The fraction of sp³-hybridized carbons (Fsp3) is 0.364. The van der Waals surface area contributed by atoms with E-state index in [0.717, 1.165) is 23.1 Å². The standard InChI is InChI=1S/C22H24N4O7S2/c1-4-31-20(29)10-26-15-7-6-14(21(30)32-5-2)9-16(15)35-22(26)24-19(28)12-34-11-18(27)23-17-8-13(3)33-25-17/h6-9H,4-5,10-12H2,1-3H3,(H,23,25,27). The lowest BCUT2D eigenvalue weighted by Gasteiger charge is -2.06. The van der Waals surface area contributed by atoms with Crippen LogP contribution in [0.25, 0.3) is 10.2 Å². The van der Waals surface area contributed by atoms with Crippen molar-refractivity contribution in [3.05, 3.63) is 40.4 Å². The van der Waals surface area contributed by atoms with Gasteiger partial charge in [-0.3, -0.25) is 14.4 Å². The zero-order valence-corrected chi connectivity index (χ0v) is 21.0. The van der Waals surface area contributed by atoms with Gasteiger partial charge in [-0.25, -0.2) is 4.79 Å². The highest BCUT2D eigenvalue weighted by Gasteiger charge is 2.15. The number of benzene rings is 1. The molecule has 0 aliphatic carbocycles. The average Bonchev–Trinajstić information content (AvgIpc) is 3.36. The van der Waals surface area contributed by atoms with Crippen molar-refractivity contribution in [1.82, 2.24) is 9.72 Å². The van der Waals surface area contributed by atoms with E-state index in [4.69, 9.17) is 14.0 Å². The fourth-order valence-electron chi connectivity index (χ4n) is 2.96. The number of carbonyl (C=O) groups excluding carboxylic acids is 4. The summed E-state index contributed by atoms with van der Waals surface area (Å²) in [5.41, 5.74) is 0.975. The van der Waals surface area contributed by atoms with Gasteiger partial charge in [-0.15, -0.1) is 11.8 Å². The van der Waals surface area contributed by atoms with Gasteiger partial charge in [0.15, 0.2) is 10.6 Å². The Kier molecular flexibility index (Phi) is 9.20. The summed E-state index contributed by atoms with van der Waals surface area (Å²) in [5.74, 6) is -0.920. The van der Waals surface area contributed by atoms with Crippen LogP contribution in [0.3, 0.4) is 0 Å². The van der Waals surface area contributed by atoms with Crippen LogP contribution in [-0.4, -0.2) is 58.2 Å². The van der Waals surface area contributed by atoms with Crippen LogP contribution in [0, 0.1) is 6.92 Å². The van der Waals surface area contributed by atoms with Crippen LogP contribution >= 0.6 is 23.1 Å². The summed E-state index contributed by atoms with van der Waals surface area (Å²) < 4.78 is 17.2. The molecule has 0 unspecified atom stereocenters. The van der Waals surface area contributed by atoms with Gasteiger partial charge in [0, 0.05) is 6.07 Å². The zero-order chi connectivity index (χ0) is 25.4. The number of esters is 2. The van der Waals surface area contributed by atoms with Gasteiger partial charge < -0.3 is 23.9 Å². The summed E-state index contributed by atoms with van der Waals surface area (Å²) in [6.07, 6.45) is 0. The maximum atomic E-state index is 12.5. The van der Waals surface area contributed by atoms with E-state index < -0.39 is 17.8 Å². The van der Waals surface area contributed by atoms with Crippen LogP contribution in [0.15, 0.2) is 33.8 Å². The number of nitrogens with zero attached hydrogens (tertiary/aromatic N) is 3. The molecular formula is C22H24N4O7S2. The molecule has 2 aromatic heterocycles. The number of thioether (sulfide) groups is 1. The van der Waals surface area contributed by atoms with Gasteiger partial charge in [0.2, 0.25) is 5.91 Å². The van der Waals surface area contributed by atoms with E-state index in [1.807, 2.05) is 0 Å². The third-order valence-electron chi connectivity index (χ3n) is 4.36. The first-order valence-corrected chi connectivity index (χ1v) is 12.6. The van der Waals surface area contributed by atoms with E-state index in [0.29, 0.717) is 27.4 Å². The summed E-state index contributed by atoms with van der Waals surface area (Å²) in [6.45, 7) is 5.43. The molecule has 11 nitrogen and oxygen atoms in total. The second-order valence-electron chi connectivity index (χ2n) is 7.05. The molecule has 0 saturated heterocycles. The molecule has 13 heteroatoms. The third kappa shape index (κ3) is 7.26. The first-order valence-electron chi connectivity index (χ1n) is 10.6. The summed E-state index contributed by atoms with van der Waals surface area (Å²) in [6, 6.07) is 6.48. The Hall–Kier alpha value is -3.45. The molecule has 2 amide bonds. The highest BCUT2D eigenvalue weighted by Crippen LogP contribution is 2.20. The number of hydrogen-bond acceptors (Lipinski definition) is 10. The second-order valence-corrected chi connectivity index (χ2v) is 9.04. The minimum absolute atomic E-state index is 0.0192. The second kappa shape index (κ2) is 12.3. The molecule has 2 heterocycles. The molecule has 0 radical (unpaired) electrons. The summed E-state index contributed by atoms with van der Waals surface area (Å²) in [4.78, 5) is 53.2. The molecule has 35 heavy (non-hydrogen) atoms. The number of thiazole rings is 1. The zero-order valence-electron chi connectivity index (χ0n) is 19.4. The maximum Gasteiger partial charge on any atom is 0.338 e. The largest absolute Gasteiger partial charge is 0.465 e. The molecule has 0 aliphatic rings. The third-order valence-corrected chi connectivity index (χ3v) is 6.32. The van der Waals surface area contributed by atoms with Crippen molar-refractivity contribution in [3.63, 3.8) is 0 Å². The summed E-state index contributed by atoms with van der Waals surface area (Å²) >= 11 is 2.25. The number of nitrogens with one attached hydrogen (secondary N) is 1. The first-order chi connectivity index (χ1) is 16.8. The molecule has 0 aliphatic heterocycles. The molecule has 0 fully saturated rings. The van der Waals surface area contributed by atoms with Crippen LogP contribution in [-0.2, 0) is 30.4 Å². The van der Waals surface area contributed by atoms with Gasteiger partial charge in [0.25, 0.3) is 5.91 Å². The molecule has 0 atom stereocenters. The summed E-state index contributed by atoms with van der Waals surface area (Å²) in [7, 11) is 0. The maximum absolute atomic E-state index is 12.5. The monoisotopic (exact) mass is 520 g/mol. The van der Waals surface area contributed by atoms with Gasteiger partial charge in [-0.05, 0) is 39.0 Å². The number of fused-ring (bicyclic) bond motifs is 1. The van der Waals surface area contributed by atoms with E-state index in [2.05, 4.69) is 15.5 Å². The normalized spacial score (nSPS) is 11.5. The van der Waals surface area contributed by atoms with Crippen molar-refractivity contribution >= 4 is 62.9 Å². The van der Waals surface area contributed by atoms with Crippen molar-refractivity contribution in [2.45, 2.75) is 27.3 Å². The molecule has 0 saturated carbocycles. The van der Waals surface area contributed by atoms with Crippen molar-refractivity contribution in [3.8, 4) is 0 Å². The Balaban J connectivity index is 1.76. The van der Waals surface area contributed by atoms with Crippen molar-refractivity contribution in [1.29, 1.82) is 0 Å². The highest BCUT2D eigenvalue weighted by molar-refractivity contribution is 8.00.